The zero-order valence-corrected chi connectivity index (χ0v) is 23.8. The normalized spacial score (nSPS) is 28.6. The Labute approximate surface area is 208 Å². The van der Waals surface area contributed by atoms with Crippen LogP contribution in [0.5, 0.6) is 0 Å². The van der Waals surface area contributed by atoms with Gasteiger partial charge >= 0.3 is 17.1 Å². The summed E-state index contributed by atoms with van der Waals surface area (Å²) < 4.78 is 29.0. The molecule has 0 spiro atoms. The molecular formula is C22H38N6O5Si2. The Bertz CT molecular complexity index is 1050. The van der Waals surface area contributed by atoms with Crippen molar-refractivity contribution in [3.8, 4) is 0 Å². The third-order valence-electron chi connectivity index (χ3n) is 7.36. The number of imidazole rings is 1. The van der Waals surface area contributed by atoms with Gasteiger partial charge in [0.05, 0.1) is 12.9 Å². The van der Waals surface area contributed by atoms with Gasteiger partial charge in [0, 0.05) is 0 Å². The molecule has 194 valence electrons. The first-order chi connectivity index (χ1) is 16.5. The third kappa shape index (κ3) is 4.20. The number of hydrogen-bond acceptors (Lipinski definition) is 10. The molecule has 2 aliphatic heterocycles. The van der Waals surface area contributed by atoms with Gasteiger partial charge in [-0.2, -0.15) is 0 Å². The average molecular weight is 523 g/mol. The maximum absolute atomic E-state index is 11.5. The van der Waals surface area contributed by atoms with Gasteiger partial charge in [-0.1, -0.05) is 55.4 Å². The van der Waals surface area contributed by atoms with E-state index in [1.165, 1.54) is 12.7 Å². The van der Waals surface area contributed by atoms with Crippen molar-refractivity contribution in [3.63, 3.8) is 0 Å². The molecule has 0 aromatic carbocycles. The van der Waals surface area contributed by atoms with Crippen LogP contribution in [0.1, 0.15) is 61.6 Å². The lowest BCUT2D eigenvalue weighted by Crippen LogP contribution is -2.65. The molecule has 0 bridgehead atoms. The predicted molar refractivity (Wildman–Crippen MR) is 134 cm³/mol. The standard InChI is InChI=1S/C22H38N6O5Si2/c1-12(2)34(13(3)4)30-9-16-19(32-35(33-34,14(5)6)15(7)8)18(29)22(31-16)28-11-26-17-20(27-23)24-10-25-21(17)28/h10-16,18-19,22-23,29H,9H2,1-8H3/t16-,18?,19?,22-/m0/s1. The Morgan fingerprint density at radius 1 is 1.00 bits per heavy atom. The second-order valence-corrected chi connectivity index (χ2v) is 19.6. The molecule has 2 fully saturated rings. The van der Waals surface area contributed by atoms with Gasteiger partial charge in [-0.15, -0.1) is 5.11 Å². The summed E-state index contributed by atoms with van der Waals surface area (Å²) in [6, 6.07) is 0. The maximum Gasteiger partial charge on any atom is 0.335 e. The highest BCUT2D eigenvalue weighted by atomic mass is 28.5. The number of rotatable bonds is 6. The van der Waals surface area contributed by atoms with Gasteiger partial charge in [-0.25, -0.2) is 20.5 Å². The topological polar surface area (TPSA) is 137 Å². The van der Waals surface area contributed by atoms with Crippen molar-refractivity contribution in [2.45, 2.75) is 102 Å². The molecule has 13 heteroatoms. The summed E-state index contributed by atoms with van der Waals surface area (Å²) in [5, 5.41) is 15.0. The molecule has 0 saturated carbocycles. The second kappa shape index (κ2) is 9.69. The summed E-state index contributed by atoms with van der Waals surface area (Å²) in [6.07, 6.45) is -0.0190. The van der Waals surface area contributed by atoms with Crippen LogP contribution in [0.25, 0.3) is 11.2 Å². The van der Waals surface area contributed by atoms with Gasteiger partial charge in [0.1, 0.15) is 24.6 Å². The van der Waals surface area contributed by atoms with E-state index in [0.29, 0.717) is 11.2 Å². The molecule has 2 aromatic rings. The number of aliphatic hydroxyl groups is 1. The molecule has 35 heavy (non-hydrogen) atoms. The highest BCUT2D eigenvalue weighted by molar-refractivity contribution is 6.84. The van der Waals surface area contributed by atoms with Gasteiger partial charge in [0.15, 0.2) is 17.4 Å². The number of aliphatic hydroxyl groups excluding tert-OH is 1. The van der Waals surface area contributed by atoms with Crippen LogP contribution in [0, 0.1) is 5.53 Å². The zero-order chi connectivity index (χ0) is 25.7. The minimum Gasteiger partial charge on any atom is -0.414 e. The number of nitrogens with one attached hydrogen (secondary N) is 1. The molecule has 4 heterocycles. The van der Waals surface area contributed by atoms with E-state index in [1.807, 2.05) is 0 Å². The molecule has 0 amide bonds. The Kier molecular flexibility index (Phi) is 7.32. The van der Waals surface area contributed by atoms with E-state index in [4.69, 9.17) is 23.2 Å². The van der Waals surface area contributed by atoms with Crippen molar-refractivity contribution in [2.24, 2.45) is 5.11 Å². The molecule has 0 aliphatic carbocycles. The Morgan fingerprint density at radius 3 is 2.20 bits per heavy atom. The smallest absolute Gasteiger partial charge is 0.335 e. The van der Waals surface area contributed by atoms with E-state index in [2.05, 4.69) is 75.5 Å². The highest BCUT2D eigenvalue weighted by Gasteiger charge is 2.61. The van der Waals surface area contributed by atoms with Gasteiger partial charge in [-0.05, 0) is 22.2 Å². The molecule has 2 unspecified atom stereocenters. The summed E-state index contributed by atoms with van der Waals surface area (Å²) in [4.78, 5) is 12.6. The van der Waals surface area contributed by atoms with E-state index >= 15 is 0 Å². The molecule has 2 saturated heterocycles. The molecule has 2 aromatic heterocycles. The van der Waals surface area contributed by atoms with Crippen LogP contribution in [0.2, 0.25) is 22.2 Å². The summed E-state index contributed by atoms with van der Waals surface area (Å²) >= 11 is 0. The fourth-order valence-electron chi connectivity index (χ4n) is 5.47. The minimum atomic E-state index is -2.88. The Morgan fingerprint density at radius 2 is 1.63 bits per heavy atom. The highest BCUT2D eigenvalue weighted by Crippen LogP contribution is 2.48. The van der Waals surface area contributed by atoms with E-state index in [-0.39, 0.29) is 34.6 Å². The summed E-state index contributed by atoms with van der Waals surface area (Å²) in [7, 11) is -5.59. The first-order valence-electron chi connectivity index (χ1n) is 12.4. The molecule has 2 aliphatic rings. The molecule has 4 atom stereocenters. The van der Waals surface area contributed by atoms with Crippen molar-refractivity contribution in [1.82, 2.24) is 19.5 Å². The monoisotopic (exact) mass is 522 g/mol. The lowest BCUT2D eigenvalue weighted by Gasteiger charge is -2.51. The SMILES string of the molecule is CC(C)[Si]1(C(C)C)OC[C@@H]2O[C@H](n3cnc4c(N=N)ncnc43)C(O)C2O[Si](C(C)C)(C(C)C)O1. The molecule has 11 nitrogen and oxygen atoms in total. The minimum absolute atomic E-state index is 0.142. The van der Waals surface area contributed by atoms with Crippen LogP contribution in [0.3, 0.4) is 0 Å². The first kappa shape index (κ1) is 26.4. The van der Waals surface area contributed by atoms with Crippen LogP contribution in [0.15, 0.2) is 17.8 Å². The van der Waals surface area contributed by atoms with Crippen molar-refractivity contribution in [2.75, 3.05) is 6.61 Å². The number of ether oxygens (including phenoxy) is 1. The summed E-state index contributed by atoms with van der Waals surface area (Å²) in [5.74, 6) is 0.163. The number of fused-ring (bicyclic) bond motifs is 2. The number of aromatic nitrogens is 4. The lowest BCUT2D eigenvalue weighted by atomic mass is 10.1. The average Bonchev–Trinajstić information content (AvgIpc) is 3.34. The van der Waals surface area contributed by atoms with Crippen LogP contribution in [0.4, 0.5) is 5.82 Å². The second-order valence-electron chi connectivity index (χ2n) is 10.7. The Balaban J connectivity index is 1.77. The van der Waals surface area contributed by atoms with Gasteiger partial charge in [-0.3, -0.25) is 4.57 Å². The van der Waals surface area contributed by atoms with Gasteiger partial charge in [0.2, 0.25) is 5.82 Å². The number of nitrogens with zero attached hydrogens (tertiary/aromatic N) is 5. The van der Waals surface area contributed by atoms with Crippen LogP contribution < -0.4 is 0 Å². The van der Waals surface area contributed by atoms with Crippen molar-refractivity contribution < 1.29 is 22.8 Å². The van der Waals surface area contributed by atoms with Crippen LogP contribution in [-0.4, -0.2) is 66.7 Å². The Hall–Kier alpha value is -1.62. The molecule has 0 radical (unpaired) electrons. The number of hydrogen-bond donors (Lipinski definition) is 2. The van der Waals surface area contributed by atoms with Crippen molar-refractivity contribution in [1.29, 1.82) is 5.53 Å². The quantitative estimate of drug-likeness (QED) is 0.411. The largest absolute Gasteiger partial charge is 0.414 e. The zero-order valence-electron chi connectivity index (χ0n) is 21.8. The van der Waals surface area contributed by atoms with E-state index in [0.717, 1.165) is 0 Å². The van der Waals surface area contributed by atoms with E-state index < -0.39 is 41.7 Å². The fourth-order valence-corrected chi connectivity index (χ4v) is 16.7. The maximum atomic E-state index is 11.5. The van der Waals surface area contributed by atoms with Gasteiger partial charge in [0.25, 0.3) is 0 Å². The molecule has 2 N–H and O–H groups in total. The summed E-state index contributed by atoms with van der Waals surface area (Å²) in [5.41, 5.74) is 8.89. The van der Waals surface area contributed by atoms with Crippen molar-refractivity contribution in [3.05, 3.63) is 12.7 Å². The molecule has 4 rings (SSSR count). The van der Waals surface area contributed by atoms with Crippen LogP contribution >= 0.6 is 0 Å². The third-order valence-corrected chi connectivity index (χ3v) is 17.6. The van der Waals surface area contributed by atoms with E-state index in [1.54, 1.807) is 4.57 Å². The first-order valence-corrected chi connectivity index (χ1v) is 16.3. The molecular weight excluding hydrogens is 484 g/mol. The summed E-state index contributed by atoms with van der Waals surface area (Å²) in [6.45, 7) is 17.5. The van der Waals surface area contributed by atoms with Crippen molar-refractivity contribution >= 4 is 34.1 Å². The van der Waals surface area contributed by atoms with E-state index in [9.17, 15) is 5.11 Å². The predicted octanol–water partition coefficient (Wildman–Crippen LogP) is 4.70. The fraction of sp³-hybridized carbons (Fsp3) is 0.773. The van der Waals surface area contributed by atoms with Crippen LogP contribution in [-0.2, 0) is 17.7 Å². The lowest BCUT2D eigenvalue weighted by molar-refractivity contribution is -0.0570. The van der Waals surface area contributed by atoms with Gasteiger partial charge < -0.3 is 22.8 Å².